The third kappa shape index (κ3) is 5.34. The molecule has 2 aromatic heterocycles. The first-order chi connectivity index (χ1) is 29.0. The van der Waals surface area contributed by atoms with Crippen molar-refractivity contribution in [3.05, 3.63) is 205 Å². The molecule has 0 bridgehead atoms. The summed E-state index contributed by atoms with van der Waals surface area (Å²) in [7, 11) is 0. The number of para-hydroxylation sites is 2. The van der Waals surface area contributed by atoms with Gasteiger partial charge in [0.1, 0.15) is 11.2 Å². The van der Waals surface area contributed by atoms with Crippen LogP contribution in [0.2, 0.25) is 0 Å². The second kappa shape index (κ2) is 13.1. The molecule has 0 atom stereocenters. The molecule has 4 heteroatoms. The minimum Gasteiger partial charge on any atom is -0.456 e. The van der Waals surface area contributed by atoms with Crippen molar-refractivity contribution in [2.24, 2.45) is 0 Å². The summed E-state index contributed by atoms with van der Waals surface area (Å²) >= 11 is 0.283. The molecule has 3 nitrogen and oxygen atoms in total. The van der Waals surface area contributed by atoms with Gasteiger partial charge in [-0.3, -0.25) is 0 Å². The van der Waals surface area contributed by atoms with E-state index in [0.717, 1.165) is 56.1 Å². The molecule has 0 saturated carbocycles. The van der Waals surface area contributed by atoms with Crippen LogP contribution >= 0.6 is 0 Å². The molecular weight excluding hydrogens is 784 g/mol. The van der Waals surface area contributed by atoms with Crippen LogP contribution in [0.3, 0.4) is 0 Å². The first-order valence-electron chi connectivity index (χ1n) is 20.2. The summed E-state index contributed by atoms with van der Waals surface area (Å²) in [6.07, 6.45) is 0. The molecule has 0 aliphatic heterocycles. The summed E-state index contributed by atoms with van der Waals surface area (Å²) in [5, 5.41) is 7.62. The van der Waals surface area contributed by atoms with Gasteiger partial charge in [0.25, 0.3) is 0 Å². The molecule has 9 aromatic carbocycles. The average molecular weight is 822 g/mol. The van der Waals surface area contributed by atoms with Crippen LogP contribution in [-0.2, 0) is 5.41 Å². The molecule has 59 heavy (non-hydrogen) atoms. The van der Waals surface area contributed by atoms with Crippen LogP contribution < -0.4 is 9.80 Å². The van der Waals surface area contributed by atoms with Crippen LogP contribution in [-0.4, -0.2) is 14.5 Å². The van der Waals surface area contributed by atoms with Crippen molar-refractivity contribution >= 4 is 101 Å². The number of hydrogen-bond acceptors (Lipinski definition) is 3. The van der Waals surface area contributed by atoms with Gasteiger partial charge < -0.3 is 4.42 Å². The van der Waals surface area contributed by atoms with Crippen molar-refractivity contribution in [1.29, 1.82) is 0 Å². The summed E-state index contributed by atoms with van der Waals surface area (Å²) in [4.78, 5) is 4.78. The van der Waals surface area contributed by atoms with E-state index in [9.17, 15) is 0 Å². The average Bonchev–Trinajstić information content (AvgIpc) is 3.92. The molecular formula is C55H38N2OSe. The van der Waals surface area contributed by atoms with E-state index < -0.39 is 0 Å². The smallest absolute Gasteiger partial charge is 0.456 e. The minimum atomic E-state index is -0.137. The van der Waals surface area contributed by atoms with Crippen molar-refractivity contribution in [3.8, 4) is 11.1 Å². The van der Waals surface area contributed by atoms with Gasteiger partial charge in [-0.05, 0) is 34.4 Å². The van der Waals surface area contributed by atoms with Crippen LogP contribution in [0.5, 0.6) is 0 Å². The van der Waals surface area contributed by atoms with Gasteiger partial charge in [0.05, 0.1) is 0 Å². The third-order valence-corrected chi connectivity index (χ3v) is 15.0. The number of hydrogen-bond donors (Lipinski definition) is 0. The topological polar surface area (TPSA) is 19.6 Å². The van der Waals surface area contributed by atoms with Crippen LogP contribution in [0.1, 0.15) is 25.0 Å². The van der Waals surface area contributed by atoms with Crippen molar-refractivity contribution in [2.75, 3.05) is 9.80 Å². The van der Waals surface area contributed by atoms with Gasteiger partial charge in [-0.2, -0.15) is 0 Å². The Morgan fingerprint density at radius 3 is 1.85 bits per heavy atom. The Morgan fingerprint density at radius 2 is 0.983 bits per heavy atom. The van der Waals surface area contributed by atoms with Crippen molar-refractivity contribution < 1.29 is 4.42 Å². The second-order valence-corrected chi connectivity index (χ2v) is 18.4. The van der Waals surface area contributed by atoms with E-state index in [1.54, 1.807) is 0 Å². The van der Waals surface area contributed by atoms with E-state index in [1.807, 2.05) is 6.07 Å². The standard InChI is InChI=1S/C55H38N2OSe/c1-55(2)49-20-9-6-17-43(49)44-29-25-40(33-50(44)55)57(41-26-30-46-45-18-7-10-21-51(45)58-52(46)34-41)38-16-12-15-37(32-38)56(36-13-4-3-5-14-36)39-24-28-42-35(31-39)23-27-48-47-19-8-11-22-53(47)59-54(42)48/h3-34H,1-2H3. The van der Waals surface area contributed by atoms with Crippen LogP contribution in [0.15, 0.2) is 199 Å². The Balaban J connectivity index is 1.03. The predicted octanol–water partition coefficient (Wildman–Crippen LogP) is 15.3. The van der Waals surface area contributed by atoms with Gasteiger partial charge in [-0.15, -0.1) is 0 Å². The molecule has 0 fully saturated rings. The van der Waals surface area contributed by atoms with Gasteiger partial charge in [-0.25, -0.2) is 0 Å². The summed E-state index contributed by atoms with van der Waals surface area (Å²) < 4.78 is 9.44. The number of furan rings is 1. The number of benzene rings is 9. The Labute approximate surface area is 348 Å². The third-order valence-electron chi connectivity index (χ3n) is 12.4. The molecule has 12 rings (SSSR count). The fourth-order valence-corrected chi connectivity index (χ4v) is 12.2. The van der Waals surface area contributed by atoms with Crippen molar-refractivity contribution in [3.63, 3.8) is 0 Å². The van der Waals surface area contributed by atoms with Gasteiger partial charge in [0.15, 0.2) is 0 Å². The molecule has 0 unspecified atom stereocenters. The normalized spacial score (nSPS) is 13.1. The summed E-state index contributed by atoms with van der Waals surface area (Å²) in [6.45, 7) is 4.70. The summed E-state index contributed by atoms with van der Waals surface area (Å²) in [6, 6.07) is 71.0. The first kappa shape index (κ1) is 34.2. The number of fused-ring (bicyclic) bond motifs is 11. The Bertz CT molecular complexity index is 3450. The zero-order valence-corrected chi connectivity index (χ0v) is 34.4. The van der Waals surface area contributed by atoms with Gasteiger partial charge in [-0.1, -0.05) is 62.4 Å². The molecule has 0 amide bonds. The van der Waals surface area contributed by atoms with Crippen LogP contribution in [0.4, 0.5) is 34.1 Å². The summed E-state index contributed by atoms with van der Waals surface area (Å²) in [5.74, 6) is 0. The van der Waals surface area contributed by atoms with Crippen LogP contribution in [0.25, 0.3) is 63.1 Å². The van der Waals surface area contributed by atoms with E-state index in [4.69, 9.17) is 4.42 Å². The van der Waals surface area contributed by atoms with E-state index in [2.05, 4.69) is 212 Å². The van der Waals surface area contributed by atoms with Gasteiger partial charge >= 0.3 is 222 Å². The fourth-order valence-electron chi connectivity index (χ4n) is 9.57. The van der Waals surface area contributed by atoms with Crippen molar-refractivity contribution in [1.82, 2.24) is 0 Å². The van der Waals surface area contributed by atoms with E-state index in [-0.39, 0.29) is 19.9 Å². The monoisotopic (exact) mass is 822 g/mol. The van der Waals surface area contributed by atoms with E-state index >= 15 is 0 Å². The molecule has 0 spiro atoms. The zero-order chi connectivity index (χ0) is 39.2. The molecule has 11 aromatic rings. The van der Waals surface area contributed by atoms with Crippen molar-refractivity contribution in [2.45, 2.75) is 19.3 Å². The quantitative estimate of drug-likeness (QED) is 0.156. The number of anilines is 6. The molecule has 0 N–H and O–H groups in total. The van der Waals surface area contributed by atoms with E-state index in [1.165, 1.54) is 52.3 Å². The zero-order valence-electron chi connectivity index (χ0n) is 32.7. The Hall–Kier alpha value is -6.84. The van der Waals surface area contributed by atoms with E-state index in [0.29, 0.717) is 0 Å². The van der Waals surface area contributed by atoms with Crippen LogP contribution in [0, 0.1) is 0 Å². The second-order valence-electron chi connectivity index (χ2n) is 16.2. The predicted molar refractivity (Wildman–Crippen MR) is 250 cm³/mol. The number of rotatable bonds is 6. The SMILES string of the molecule is CC1(C)c2ccccc2-c2ccc(N(c3cccc(N(c4ccccc4)c4ccc5c(ccc6c7ccccc7[se]c56)c4)c3)c3ccc4c(c3)oc3ccccc34)cc21. The minimum absolute atomic E-state index is 0.137. The van der Waals surface area contributed by atoms with Gasteiger partial charge in [0, 0.05) is 16.2 Å². The number of nitrogens with zero attached hydrogens (tertiary/aromatic N) is 2. The fraction of sp³-hybridized carbons (Fsp3) is 0.0545. The van der Waals surface area contributed by atoms with Gasteiger partial charge in [0.2, 0.25) is 0 Å². The first-order valence-corrected chi connectivity index (χ1v) is 22.0. The molecule has 1 aliphatic carbocycles. The summed E-state index contributed by atoms with van der Waals surface area (Å²) in [5.41, 5.74) is 13.5. The molecule has 0 saturated heterocycles. The maximum absolute atomic E-state index is 6.49. The molecule has 2 heterocycles. The molecule has 0 radical (unpaired) electrons. The molecule has 280 valence electrons. The maximum atomic E-state index is 6.49. The Morgan fingerprint density at radius 1 is 0.390 bits per heavy atom. The molecule has 1 aliphatic rings. The Kier molecular flexibility index (Phi) is 7.59.